The topological polar surface area (TPSA) is 46.5 Å². The Morgan fingerprint density at radius 1 is 1.04 bits per heavy atom. The summed E-state index contributed by atoms with van der Waals surface area (Å²) in [5, 5.41) is 8.86. The molecule has 0 radical (unpaired) electrons. The van der Waals surface area contributed by atoms with Crippen LogP contribution in [-0.2, 0) is 12.8 Å². The third-order valence-electron chi connectivity index (χ3n) is 3.61. The molecule has 0 spiro atoms. The van der Waals surface area contributed by atoms with E-state index in [-0.39, 0.29) is 17.7 Å². The first-order valence-electron chi connectivity index (χ1n) is 7.56. The zero-order valence-electron chi connectivity index (χ0n) is 13.3. The second-order valence-corrected chi connectivity index (χ2v) is 6.57. The van der Waals surface area contributed by atoms with Crippen molar-refractivity contribution < 1.29 is 27.8 Å². The number of carboxylic acid groups (broad SMARTS) is 1. The maximum Gasteiger partial charge on any atom is 0.426 e. The molecule has 1 heterocycles. The molecule has 0 atom stereocenters. The summed E-state index contributed by atoms with van der Waals surface area (Å²) in [5.41, 5.74) is 0.732. The van der Waals surface area contributed by atoms with Crippen LogP contribution in [0.4, 0.5) is 13.2 Å². The molecule has 0 saturated heterocycles. The largest absolute Gasteiger partial charge is 0.488 e. The lowest BCUT2D eigenvalue weighted by molar-refractivity contribution is -0.133. The Balaban J connectivity index is 1.82. The van der Waals surface area contributed by atoms with E-state index in [0.717, 1.165) is 0 Å². The summed E-state index contributed by atoms with van der Waals surface area (Å²) in [4.78, 5) is 10.6. The minimum Gasteiger partial charge on any atom is -0.488 e. The lowest BCUT2D eigenvalue weighted by Crippen LogP contribution is -2.03. The van der Waals surface area contributed by atoms with Gasteiger partial charge in [-0.05, 0) is 35.9 Å². The van der Waals surface area contributed by atoms with Gasteiger partial charge in [0.05, 0.1) is 5.56 Å². The predicted octanol–water partition coefficient (Wildman–Crippen LogP) is 5.71. The van der Waals surface area contributed by atoms with Crippen LogP contribution in [0.2, 0.25) is 0 Å². The van der Waals surface area contributed by atoms with Crippen molar-refractivity contribution in [1.82, 2.24) is 0 Å². The van der Waals surface area contributed by atoms with Gasteiger partial charge in [0.1, 0.15) is 17.2 Å². The number of ether oxygens (including phenoxy) is 1. The Morgan fingerprint density at radius 2 is 1.69 bits per heavy atom. The molecule has 0 bridgehead atoms. The summed E-state index contributed by atoms with van der Waals surface area (Å²) in [6.07, 6.45) is -4.45. The maximum absolute atomic E-state index is 13.3. The van der Waals surface area contributed by atoms with Gasteiger partial charge in [0.15, 0.2) is 0 Å². The van der Waals surface area contributed by atoms with Crippen LogP contribution in [0, 0.1) is 0 Å². The molecule has 0 saturated carbocycles. The van der Waals surface area contributed by atoms with E-state index in [2.05, 4.69) is 0 Å². The van der Waals surface area contributed by atoms with Gasteiger partial charge in [-0.15, -0.1) is 11.3 Å². The van der Waals surface area contributed by atoms with Gasteiger partial charge in [-0.25, -0.2) is 4.79 Å². The van der Waals surface area contributed by atoms with E-state index < -0.39 is 17.0 Å². The second-order valence-electron chi connectivity index (χ2n) is 5.44. The van der Waals surface area contributed by atoms with E-state index in [0.29, 0.717) is 27.5 Å². The van der Waals surface area contributed by atoms with Gasteiger partial charge in [0.25, 0.3) is 0 Å². The fourth-order valence-electron chi connectivity index (χ4n) is 2.40. The highest BCUT2D eigenvalue weighted by atomic mass is 32.1. The summed E-state index contributed by atoms with van der Waals surface area (Å²) < 4.78 is 45.5. The van der Waals surface area contributed by atoms with Crippen LogP contribution >= 0.6 is 11.3 Å². The molecule has 3 rings (SSSR count). The predicted molar refractivity (Wildman–Crippen MR) is 92.5 cm³/mol. The number of rotatable bonds is 5. The molecule has 2 aromatic carbocycles. The number of hydrogen-bond donors (Lipinski definition) is 1. The summed E-state index contributed by atoms with van der Waals surface area (Å²) in [7, 11) is 0. The molecule has 1 aromatic heterocycles. The Labute approximate surface area is 151 Å². The first-order valence-corrected chi connectivity index (χ1v) is 8.38. The van der Waals surface area contributed by atoms with Crippen molar-refractivity contribution in [2.24, 2.45) is 0 Å². The Morgan fingerprint density at radius 3 is 2.27 bits per heavy atom. The van der Waals surface area contributed by atoms with Gasteiger partial charge in [-0.2, -0.15) is 13.2 Å². The fourth-order valence-corrected chi connectivity index (χ4v) is 3.36. The first-order chi connectivity index (χ1) is 12.3. The molecule has 134 valence electrons. The van der Waals surface area contributed by atoms with Crippen LogP contribution < -0.4 is 4.74 Å². The number of thiophene rings is 1. The summed E-state index contributed by atoms with van der Waals surface area (Å²) in [5.74, 6) is -0.671. The molecule has 3 aromatic rings. The lowest BCUT2D eigenvalue weighted by atomic mass is 10.1. The number of alkyl halides is 3. The van der Waals surface area contributed by atoms with Gasteiger partial charge in [0, 0.05) is 10.4 Å². The van der Waals surface area contributed by atoms with E-state index in [1.807, 2.05) is 0 Å². The van der Waals surface area contributed by atoms with Crippen LogP contribution in [-0.4, -0.2) is 11.1 Å². The molecular weight excluding hydrogens is 365 g/mol. The summed E-state index contributed by atoms with van der Waals surface area (Å²) in [6, 6.07) is 15.6. The number of hydrogen-bond acceptors (Lipinski definition) is 3. The highest BCUT2D eigenvalue weighted by molar-refractivity contribution is 7.12. The van der Waals surface area contributed by atoms with Crippen LogP contribution in [0.1, 0.15) is 20.1 Å². The summed E-state index contributed by atoms with van der Waals surface area (Å²) in [6.45, 7) is -0.0347. The van der Waals surface area contributed by atoms with Crippen LogP contribution in [0.3, 0.4) is 0 Å². The molecule has 0 unspecified atom stereocenters. The number of benzene rings is 2. The van der Waals surface area contributed by atoms with Gasteiger partial charge < -0.3 is 9.84 Å². The van der Waals surface area contributed by atoms with Crippen molar-refractivity contribution in [2.45, 2.75) is 12.8 Å². The second kappa shape index (κ2) is 7.21. The number of carbonyl (C=O) groups is 1. The van der Waals surface area contributed by atoms with Crippen LogP contribution in [0.25, 0.3) is 11.1 Å². The SMILES string of the molecule is O=C(O)c1ccc(OCc2cc(-c3ccccc3)c(C(F)(F)F)s2)cc1. The van der Waals surface area contributed by atoms with Crippen LogP contribution in [0.5, 0.6) is 5.75 Å². The van der Waals surface area contributed by atoms with E-state index in [1.54, 1.807) is 30.3 Å². The van der Waals surface area contributed by atoms with E-state index in [4.69, 9.17) is 9.84 Å². The zero-order valence-corrected chi connectivity index (χ0v) is 14.1. The highest BCUT2D eigenvalue weighted by Gasteiger charge is 2.36. The van der Waals surface area contributed by atoms with Crippen molar-refractivity contribution >= 4 is 17.3 Å². The molecule has 0 aliphatic carbocycles. The van der Waals surface area contributed by atoms with Crippen molar-refractivity contribution in [3.05, 3.63) is 76.0 Å². The number of halogens is 3. The van der Waals surface area contributed by atoms with E-state index in [9.17, 15) is 18.0 Å². The lowest BCUT2D eigenvalue weighted by Gasteiger charge is -2.07. The van der Waals surface area contributed by atoms with Crippen molar-refractivity contribution in [3.8, 4) is 16.9 Å². The van der Waals surface area contributed by atoms with Gasteiger partial charge >= 0.3 is 12.1 Å². The molecule has 0 fully saturated rings. The van der Waals surface area contributed by atoms with Gasteiger partial charge in [0.2, 0.25) is 0 Å². The number of carboxylic acids is 1. The molecule has 3 nitrogen and oxygen atoms in total. The summed E-state index contributed by atoms with van der Waals surface area (Å²) >= 11 is 0.644. The fraction of sp³-hybridized carbons (Fsp3) is 0.105. The Kier molecular flexibility index (Phi) is 4.99. The zero-order chi connectivity index (χ0) is 18.7. The average Bonchev–Trinajstić information content (AvgIpc) is 3.06. The van der Waals surface area contributed by atoms with E-state index >= 15 is 0 Å². The third kappa shape index (κ3) is 4.05. The molecule has 7 heteroatoms. The number of aromatic carboxylic acids is 1. The molecule has 26 heavy (non-hydrogen) atoms. The average molecular weight is 378 g/mol. The monoisotopic (exact) mass is 378 g/mol. The Bertz CT molecular complexity index is 900. The Hall–Kier alpha value is -2.80. The van der Waals surface area contributed by atoms with Crippen molar-refractivity contribution in [3.63, 3.8) is 0 Å². The van der Waals surface area contributed by atoms with Gasteiger partial charge in [-0.1, -0.05) is 30.3 Å². The highest BCUT2D eigenvalue weighted by Crippen LogP contribution is 2.43. The maximum atomic E-state index is 13.3. The molecule has 1 N–H and O–H groups in total. The quantitative estimate of drug-likeness (QED) is 0.618. The first kappa shape index (κ1) is 18.0. The molecular formula is C19H13F3O3S. The normalized spacial score (nSPS) is 11.3. The van der Waals surface area contributed by atoms with Gasteiger partial charge in [-0.3, -0.25) is 0 Å². The standard InChI is InChI=1S/C19H13F3O3S/c20-19(21,22)17-16(12-4-2-1-3-5-12)10-15(26-17)11-25-14-8-6-13(7-9-14)18(23)24/h1-10H,11H2,(H,23,24). The molecule has 0 amide bonds. The minimum atomic E-state index is -4.45. The van der Waals surface area contributed by atoms with E-state index in [1.165, 1.54) is 30.3 Å². The third-order valence-corrected chi connectivity index (χ3v) is 4.76. The van der Waals surface area contributed by atoms with Crippen molar-refractivity contribution in [2.75, 3.05) is 0 Å². The smallest absolute Gasteiger partial charge is 0.426 e. The minimum absolute atomic E-state index is 0.0347. The molecule has 0 aliphatic rings. The van der Waals surface area contributed by atoms with Crippen molar-refractivity contribution in [1.29, 1.82) is 0 Å². The van der Waals surface area contributed by atoms with Crippen LogP contribution in [0.15, 0.2) is 60.7 Å². The molecule has 0 aliphatic heterocycles.